The molecule has 0 spiro atoms. The Balaban J connectivity index is 1.74. The Morgan fingerprint density at radius 2 is 2.00 bits per heavy atom. The van der Waals surface area contributed by atoms with Crippen molar-refractivity contribution >= 4 is 17.7 Å². The maximum absolute atomic E-state index is 12.8. The van der Waals surface area contributed by atoms with Gasteiger partial charge in [-0.05, 0) is 43.0 Å². The number of amides is 1. The molecule has 1 aromatic rings. The summed E-state index contributed by atoms with van der Waals surface area (Å²) in [5, 5.41) is 0. The summed E-state index contributed by atoms with van der Waals surface area (Å²) < 4.78 is 17.9. The van der Waals surface area contributed by atoms with E-state index in [1.807, 2.05) is 4.90 Å². The van der Waals surface area contributed by atoms with E-state index in [1.54, 1.807) is 19.2 Å². The fourth-order valence-electron chi connectivity index (χ4n) is 2.35. The van der Waals surface area contributed by atoms with Gasteiger partial charge in [-0.2, -0.15) is 0 Å². The van der Waals surface area contributed by atoms with Gasteiger partial charge in [-0.1, -0.05) is 0 Å². The van der Waals surface area contributed by atoms with Crippen LogP contribution in [0.5, 0.6) is 0 Å². The van der Waals surface area contributed by atoms with Crippen molar-refractivity contribution in [3.63, 3.8) is 0 Å². The Hall–Kier alpha value is -1.07. The highest BCUT2D eigenvalue weighted by Crippen LogP contribution is 2.21. The van der Waals surface area contributed by atoms with Crippen molar-refractivity contribution in [3.8, 4) is 0 Å². The highest BCUT2D eigenvalue weighted by molar-refractivity contribution is 8.00. The number of halogens is 1. The monoisotopic (exact) mass is 297 g/mol. The zero-order valence-corrected chi connectivity index (χ0v) is 12.5. The number of carbonyl (C=O) groups excluding carboxylic acids is 1. The maximum atomic E-state index is 12.8. The van der Waals surface area contributed by atoms with Crippen LogP contribution in [0.4, 0.5) is 4.39 Å². The summed E-state index contributed by atoms with van der Waals surface area (Å²) in [7, 11) is 1.72. The molecule has 2 rings (SSSR count). The minimum atomic E-state index is -0.249. The van der Waals surface area contributed by atoms with E-state index in [-0.39, 0.29) is 11.7 Å². The van der Waals surface area contributed by atoms with Crippen LogP contribution in [-0.4, -0.2) is 43.4 Å². The molecular formula is C15H20FNO2S. The number of ether oxygens (including phenoxy) is 1. The van der Waals surface area contributed by atoms with Crippen molar-refractivity contribution < 1.29 is 13.9 Å². The second-order valence-electron chi connectivity index (χ2n) is 5.02. The van der Waals surface area contributed by atoms with Crippen molar-refractivity contribution in [1.82, 2.24) is 4.90 Å². The highest BCUT2D eigenvalue weighted by Gasteiger charge is 2.22. The quantitative estimate of drug-likeness (QED) is 0.783. The molecule has 1 heterocycles. The van der Waals surface area contributed by atoms with Crippen LogP contribution in [0, 0.1) is 11.7 Å². The van der Waals surface area contributed by atoms with Crippen LogP contribution in [0.1, 0.15) is 12.8 Å². The minimum absolute atomic E-state index is 0.162. The van der Waals surface area contributed by atoms with E-state index in [0.717, 1.165) is 37.4 Å². The lowest BCUT2D eigenvalue weighted by molar-refractivity contribution is -0.129. The second kappa shape index (κ2) is 7.64. The first-order valence-electron chi connectivity index (χ1n) is 6.84. The first-order valence-corrected chi connectivity index (χ1v) is 7.82. The molecule has 0 aliphatic carbocycles. The van der Waals surface area contributed by atoms with Gasteiger partial charge in [0.2, 0.25) is 5.91 Å². The van der Waals surface area contributed by atoms with Crippen molar-refractivity contribution in [2.24, 2.45) is 5.92 Å². The molecule has 5 heteroatoms. The lowest BCUT2D eigenvalue weighted by Crippen LogP contribution is -2.40. The number of rotatable bonds is 5. The number of likely N-dealkylation sites (tertiary alicyclic amines) is 1. The summed E-state index contributed by atoms with van der Waals surface area (Å²) in [6, 6.07) is 6.25. The van der Waals surface area contributed by atoms with Gasteiger partial charge in [-0.25, -0.2) is 4.39 Å². The molecule has 0 aromatic heterocycles. The third kappa shape index (κ3) is 4.49. The Bertz CT molecular complexity index is 430. The molecule has 1 aliphatic heterocycles. The molecule has 20 heavy (non-hydrogen) atoms. The number of hydrogen-bond acceptors (Lipinski definition) is 3. The number of methoxy groups -OCH3 is 1. The zero-order valence-electron chi connectivity index (χ0n) is 11.7. The van der Waals surface area contributed by atoms with Crippen molar-refractivity contribution in [2.45, 2.75) is 17.7 Å². The van der Waals surface area contributed by atoms with E-state index >= 15 is 0 Å². The molecule has 0 radical (unpaired) electrons. The average Bonchev–Trinajstić information content (AvgIpc) is 2.47. The van der Waals surface area contributed by atoms with Crippen LogP contribution in [0.3, 0.4) is 0 Å². The van der Waals surface area contributed by atoms with Crippen LogP contribution in [0.25, 0.3) is 0 Å². The van der Waals surface area contributed by atoms with E-state index in [9.17, 15) is 9.18 Å². The smallest absolute Gasteiger partial charge is 0.232 e. The van der Waals surface area contributed by atoms with E-state index < -0.39 is 0 Å². The molecule has 1 aromatic carbocycles. The largest absolute Gasteiger partial charge is 0.384 e. The molecule has 3 nitrogen and oxygen atoms in total. The van der Waals surface area contributed by atoms with Crippen LogP contribution >= 0.6 is 11.8 Å². The summed E-state index contributed by atoms with van der Waals surface area (Å²) in [6.45, 7) is 2.42. The van der Waals surface area contributed by atoms with Gasteiger partial charge in [-0.15, -0.1) is 11.8 Å². The molecule has 1 amide bonds. The molecule has 1 aliphatic rings. The first-order chi connectivity index (χ1) is 9.69. The average molecular weight is 297 g/mol. The van der Waals surface area contributed by atoms with Gasteiger partial charge in [0, 0.05) is 31.7 Å². The normalized spacial score (nSPS) is 16.4. The van der Waals surface area contributed by atoms with E-state index in [4.69, 9.17) is 4.74 Å². The third-order valence-electron chi connectivity index (χ3n) is 3.55. The zero-order chi connectivity index (χ0) is 14.4. The van der Waals surface area contributed by atoms with E-state index in [2.05, 4.69) is 0 Å². The van der Waals surface area contributed by atoms with E-state index in [1.165, 1.54) is 23.9 Å². The molecular weight excluding hydrogens is 277 g/mol. The van der Waals surface area contributed by atoms with Gasteiger partial charge < -0.3 is 9.64 Å². The Morgan fingerprint density at radius 1 is 1.35 bits per heavy atom. The lowest BCUT2D eigenvalue weighted by atomic mass is 9.98. The molecule has 0 saturated carbocycles. The van der Waals surface area contributed by atoms with Crippen molar-refractivity contribution in [2.75, 3.05) is 32.6 Å². The Morgan fingerprint density at radius 3 is 2.60 bits per heavy atom. The summed E-state index contributed by atoms with van der Waals surface area (Å²) in [4.78, 5) is 14.9. The predicted molar refractivity (Wildman–Crippen MR) is 78.3 cm³/mol. The second-order valence-corrected chi connectivity index (χ2v) is 6.07. The van der Waals surface area contributed by atoms with Gasteiger partial charge in [0.05, 0.1) is 5.75 Å². The number of piperidine rings is 1. The molecule has 1 fully saturated rings. The Kier molecular flexibility index (Phi) is 5.86. The maximum Gasteiger partial charge on any atom is 0.232 e. The topological polar surface area (TPSA) is 29.5 Å². The van der Waals surface area contributed by atoms with Gasteiger partial charge in [0.15, 0.2) is 0 Å². The summed E-state index contributed by atoms with van der Waals surface area (Å²) >= 11 is 1.46. The molecule has 0 atom stereocenters. The third-order valence-corrected chi connectivity index (χ3v) is 4.54. The molecule has 0 unspecified atom stereocenters. The van der Waals surface area contributed by atoms with Crippen LogP contribution in [0.15, 0.2) is 29.2 Å². The summed E-state index contributed by atoms with van der Waals surface area (Å²) in [5.41, 5.74) is 0. The highest BCUT2D eigenvalue weighted by atomic mass is 32.2. The number of hydrogen-bond donors (Lipinski definition) is 0. The van der Waals surface area contributed by atoms with Crippen LogP contribution < -0.4 is 0 Å². The Labute approximate surface area is 123 Å². The number of thioether (sulfide) groups is 1. The fourth-order valence-corrected chi connectivity index (χ4v) is 3.15. The number of benzene rings is 1. The van der Waals surface area contributed by atoms with Gasteiger partial charge >= 0.3 is 0 Å². The van der Waals surface area contributed by atoms with E-state index in [0.29, 0.717) is 11.7 Å². The van der Waals surface area contributed by atoms with Gasteiger partial charge in [0.25, 0.3) is 0 Å². The number of nitrogens with zero attached hydrogens (tertiary/aromatic N) is 1. The lowest BCUT2D eigenvalue weighted by Gasteiger charge is -2.31. The van der Waals surface area contributed by atoms with Gasteiger partial charge in [-0.3, -0.25) is 4.79 Å². The first kappa shape index (κ1) is 15.3. The van der Waals surface area contributed by atoms with Crippen LogP contribution in [-0.2, 0) is 9.53 Å². The standard InChI is InChI=1S/C15H20FNO2S/c1-19-10-12-6-8-17(9-7-12)15(18)11-20-14-4-2-13(16)3-5-14/h2-5,12H,6-11H2,1H3. The molecule has 1 saturated heterocycles. The molecule has 110 valence electrons. The molecule has 0 bridgehead atoms. The summed E-state index contributed by atoms with van der Waals surface area (Å²) in [5.74, 6) is 0.908. The predicted octanol–water partition coefficient (Wildman–Crippen LogP) is 2.80. The molecule has 0 N–H and O–H groups in total. The summed E-state index contributed by atoms with van der Waals surface area (Å²) in [6.07, 6.45) is 2.03. The SMILES string of the molecule is COCC1CCN(C(=O)CSc2ccc(F)cc2)CC1. The minimum Gasteiger partial charge on any atom is -0.384 e. The van der Waals surface area contributed by atoms with Crippen molar-refractivity contribution in [1.29, 1.82) is 0 Å². The van der Waals surface area contributed by atoms with Crippen LogP contribution in [0.2, 0.25) is 0 Å². The van der Waals surface area contributed by atoms with Gasteiger partial charge in [0.1, 0.15) is 5.82 Å². The fraction of sp³-hybridized carbons (Fsp3) is 0.533. The number of carbonyl (C=O) groups is 1. The van der Waals surface area contributed by atoms with Crippen molar-refractivity contribution in [3.05, 3.63) is 30.1 Å².